The van der Waals surface area contributed by atoms with Crippen LogP contribution in [0.1, 0.15) is 43.2 Å². The van der Waals surface area contributed by atoms with E-state index >= 15 is 0 Å². The number of likely N-dealkylation sites (tertiary alicyclic amines) is 1. The van der Waals surface area contributed by atoms with Gasteiger partial charge in [0.15, 0.2) is 0 Å². The van der Waals surface area contributed by atoms with Crippen LogP contribution in [0.5, 0.6) is 0 Å². The number of ether oxygens (including phenoxy) is 2. The third kappa shape index (κ3) is 3.47. The van der Waals surface area contributed by atoms with E-state index in [9.17, 15) is 4.79 Å². The van der Waals surface area contributed by atoms with Gasteiger partial charge in [0.25, 0.3) is 0 Å². The highest BCUT2D eigenvalue weighted by atomic mass is 16.5. The first-order valence-electron chi connectivity index (χ1n) is 9.06. The zero-order chi connectivity index (χ0) is 16.6. The second-order valence-corrected chi connectivity index (χ2v) is 7.66. The van der Waals surface area contributed by atoms with Gasteiger partial charge in [-0.15, -0.1) is 0 Å². The minimum Gasteiger partial charge on any atom is -0.373 e. The molecular weight excluding hydrogens is 304 g/mol. The lowest BCUT2D eigenvalue weighted by atomic mass is 9.84. The predicted octanol–water partition coefficient (Wildman–Crippen LogP) is 2.47. The van der Waals surface area contributed by atoms with Crippen LogP contribution in [0, 0.1) is 12.8 Å². The van der Waals surface area contributed by atoms with Gasteiger partial charge in [-0.3, -0.25) is 9.78 Å². The maximum absolute atomic E-state index is 12.2. The molecule has 3 heterocycles. The highest BCUT2D eigenvalue weighted by Crippen LogP contribution is 2.38. The first-order valence-corrected chi connectivity index (χ1v) is 9.06. The SMILES string of the molecule is Cc1ccncc1COC1CCOC2(C1)CN(C(=O)CC1CC1)C2. The molecule has 1 saturated carbocycles. The number of hydrogen-bond acceptors (Lipinski definition) is 4. The van der Waals surface area contributed by atoms with Crippen LogP contribution in [0.3, 0.4) is 0 Å². The van der Waals surface area contributed by atoms with Crippen molar-refractivity contribution in [1.82, 2.24) is 9.88 Å². The molecule has 2 aliphatic heterocycles. The van der Waals surface area contributed by atoms with Crippen molar-refractivity contribution < 1.29 is 14.3 Å². The smallest absolute Gasteiger partial charge is 0.223 e. The molecule has 1 amide bonds. The molecule has 0 bridgehead atoms. The molecule has 5 nitrogen and oxygen atoms in total. The molecule has 1 unspecified atom stereocenters. The van der Waals surface area contributed by atoms with Crippen molar-refractivity contribution >= 4 is 5.91 Å². The Morgan fingerprint density at radius 1 is 1.42 bits per heavy atom. The lowest BCUT2D eigenvalue weighted by molar-refractivity contribution is -0.202. The van der Waals surface area contributed by atoms with E-state index in [0.717, 1.165) is 44.5 Å². The minimum atomic E-state index is -0.161. The summed E-state index contributed by atoms with van der Waals surface area (Å²) in [6.45, 7) is 4.89. The van der Waals surface area contributed by atoms with Gasteiger partial charge >= 0.3 is 0 Å². The second-order valence-electron chi connectivity index (χ2n) is 7.66. The molecular formula is C19H26N2O3. The van der Waals surface area contributed by atoms with E-state index < -0.39 is 0 Å². The van der Waals surface area contributed by atoms with Gasteiger partial charge in [0.1, 0.15) is 5.60 Å². The molecule has 0 aromatic carbocycles. The lowest BCUT2D eigenvalue weighted by Gasteiger charge is -2.53. The Balaban J connectivity index is 1.27. The number of carbonyl (C=O) groups excluding carboxylic acids is 1. The number of carbonyl (C=O) groups is 1. The van der Waals surface area contributed by atoms with Crippen molar-refractivity contribution in [3.63, 3.8) is 0 Å². The molecule has 3 aliphatic rings. The van der Waals surface area contributed by atoms with E-state index in [1.807, 2.05) is 23.4 Å². The van der Waals surface area contributed by atoms with E-state index in [1.165, 1.54) is 18.4 Å². The van der Waals surface area contributed by atoms with Crippen LogP contribution in [0.2, 0.25) is 0 Å². The molecule has 3 fully saturated rings. The molecule has 1 aromatic heterocycles. The van der Waals surface area contributed by atoms with Gasteiger partial charge in [-0.2, -0.15) is 0 Å². The average Bonchev–Trinajstić information content (AvgIpc) is 3.36. The fourth-order valence-electron chi connectivity index (χ4n) is 3.72. The summed E-state index contributed by atoms with van der Waals surface area (Å²) in [5.74, 6) is 0.959. The molecule has 2 saturated heterocycles. The predicted molar refractivity (Wildman–Crippen MR) is 89.4 cm³/mol. The first-order chi connectivity index (χ1) is 11.6. The van der Waals surface area contributed by atoms with Crippen molar-refractivity contribution in [2.24, 2.45) is 5.92 Å². The van der Waals surface area contributed by atoms with E-state index in [0.29, 0.717) is 18.4 Å². The van der Waals surface area contributed by atoms with Gasteiger partial charge in [-0.1, -0.05) is 0 Å². The minimum absolute atomic E-state index is 0.161. The third-order valence-electron chi connectivity index (χ3n) is 5.54. The van der Waals surface area contributed by atoms with Crippen LogP contribution < -0.4 is 0 Å². The largest absolute Gasteiger partial charge is 0.373 e. The Morgan fingerprint density at radius 2 is 2.25 bits per heavy atom. The van der Waals surface area contributed by atoms with Crippen LogP contribution in [0.25, 0.3) is 0 Å². The second kappa shape index (κ2) is 6.45. The summed E-state index contributed by atoms with van der Waals surface area (Å²) < 4.78 is 12.2. The molecule has 1 atom stereocenters. The summed E-state index contributed by atoms with van der Waals surface area (Å²) in [6, 6.07) is 2.01. The Hall–Kier alpha value is -1.46. The fraction of sp³-hybridized carbons (Fsp3) is 0.684. The van der Waals surface area contributed by atoms with Crippen LogP contribution in [-0.4, -0.2) is 47.2 Å². The number of aryl methyl sites for hydroxylation is 1. The Labute approximate surface area is 143 Å². The molecule has 4 rings (SSSR count). The summed E-state index contributed by atoms with van der Waals surface area (Å²) in [5, 5.41) is 0. The summed E-state index contributed by atoms with van der Waals surface area (Å²) in [5.41, 5.74) is 2.20. The molecule has 5 heteroatoms. The van der Waals surface area contributed by atoms with Crippen LogP contribution in [-0.2, 0) is 20.9 Å². The molecule has 24 heavy (non-hydrogen) atoms. The molecule has 1 spiro atoms. The Morgan fingerprint density at radius 3 is 3.00 bits per heavy atom. The van der Waals surface area contributed by atoms with Gasteiger partial charge in [-0.25, -0.2) is 0 Å². The summed E-state index contributed by atoms with van der Waals surface area (Å²) >= 11 is 0. The zero-order valence-corrected chi connectivity index (χ0v) is 14.4. The van der Waals surface area contributed by atoms with E-state index in [1.54, 1.807) is 0 Å². The highest BCUT2D eigenvalue weighted by molar-refractivity contribution is 5.78. The summed E-state index contributed by atoms with van der Waals surface area (Å²) in [6.07, 6.45) is 8.90. The van der Waals surface area contributed by atoms with Crippen LogP contribution in [0.15, 0.2) is 18.5 Å². The van der Waals surface area contributed by atoms with Crippen molar-refractivity contribution in [3.05, 3.63) is 29.6 Å². The van der Waals surface area contributed by atoms with E-state index in [-0.39, 0.29) is 11.7 Å². The topological polar surface area (TPSA) is 51.7 Å². The highest BCUT2D eigenvalue weighted by Gasteiger charge is 2.49. The standard InChI is InChI=1S/C19H26N2O3/c1-14-4-6-20-10-16(14)11-23-17-5-7-24-19(9-17)12-21(13-19)18(22)8-15-2-3-15/h4,6,10,15,17H,2-3,5,7-9,11-13H2,1H3. The summed E-state index contributed by atoms with van der Waals surface area (Å²) in [4.78, 5) is 18.3. The van der Waals surface area contributed by atoms with E-state index in [4.69, 9.17) is 9.47 Å². The van der Waals surface area contributed by atoms with Gasteiger partial charge in [0, 0.05) is 31.8 Å². The number of pyridine rings is 1. The Bertz CT molecular complexity index is 608. The maximum atomic E-state index is 12.2. The Kier molecular flexibility index (Phi) is 4.31. The number of amides is 1. The average molecular weight is 330 g/mol. The number of nitrogens with zero attached hydrogens (tertiary/aromatic N) is 2. The maximum Gasteiger partial charge on any atom is 0.223 e. The van der Waals surface area contributed by atoms with Gasteiger partial charge in [0.05, 0.1) is 25.8 Å². The van der Waals surface area contributed by atoms with Crippen LogP contribution >= 0.6 is 0 Å². The molecule has 1 aliphatic carbocycles. The number of rotatable bonds is 5. The quantitative estimate of drug-likeness (QED) is 0.832. The molecule has 130 valence electrons. The third-order valence-corrected chi connectivity index (χ3v) is 5.54. The number of hydrogen-bond donors (Lipinski definition) is 0. The van der Waals surface area contributed by atoms with Crippen molar-refractivity contribution in [2.45, 2.75) is 57.3 Å². The van der Waals surface area contributed by atoms with Gasteiger partial charge in [0.2, 0.25) is 5.91 Å². The van der Waals surface area contributed by atoms with Crippen molar-refractivity contribution in [1.29, 1.82) is 0 Å². The normalized spacial score (nSPS) is 25.5. The van der Waals surface area contributed by atoms with Crippen molar-refractivity contribution in [2.75, 3.05) is 19.7 Å². The fourth-order valence-corrected chi connectivity index (χ4v) is 3.72. The molecule has 1 aromatic rings. The van der Waals surface area contributed by atoms with E-state index in [2.05, 4.69) is 11.9 Å². The van der Waals surface area contributed by atoms with Crippen LogP contribution in [0.4, 0.5) is 0 Å². The zero-order valence-electron chi connectivity index (χ0n) is 14.4. The molecule has 0 radical (unpaired) electrons. The van der Waals surface area contributed by atoms with Crippen molar-refractivity contribution in [3.8, 4) is 0 Å². The first kappa shape index (κ1) is 16.0. The molecule has 0 N–H and O–H groups in total. The van der Waals surface area contributed by atoms with Gasteiger partial charge in [-0.05, 0) is 49.3 Å². The lowest BCUT2D eigenvalue weighted by Crippen LogP contribution is -2.67. The monoisotopic (exact) mass is 330 g/mol. The number of aromatic nitrogens is 1. The van der Waals surface area contributed by atoms with Gasteiger partial charge < -0.3 is 14.4 Å². The summed E-state index contributed by atoms with van der Waals surface area (Å²) in [7, 11) is 0.